The van der Waals surface area contributed by atoms with Crippen molar-refractivity contribution in [1.82, 2.24) is 5.32 Å². The molecule has 0 aromatic heterocycles. The highest BCUT2D eigenvalue weighted by atomic mass is 16.2. The van der Waals surface area contributed by atoms with Crippen molar-refractivity contribution in [3.63, 3.8) is 0 Å². The lowest BCUT2D eigenvalue weighted by Crippen LogP contribution is -2.06. The van der Waals surface area contributed by atoms with E-state index in [0.717, 1.165) is 32.2 Å². The fourth-order valence-corrected chi connectivity index (χ4v) is 0.735. The zero-order chi connectivity index (χ0) is 7.66. The molecule has 0 bridgehead atoms. The molecule has 0 aliphatic carbocycles. The number of nitriles is 1. The second kappa shape index (κ2) is 8.25. The van der Waals surface area contributed by atoms with Gasteiger partial charge in [-0.2, -0.15) is 5.26 Å². The van der Waals surface area contributed by atoms with Crippen molar-refractivity contribution in [2.24, 2.45) is 0 Å². The van der Waals surface area contributed by atoms with Gasteiger partial charge in [0, 0.05) is 13.2 Å². The van der Waals surface area contributed by atoms with Gasteiger partial charge in [0.05, 0.1) is 0 Å². The molecular formula is C7H14N2O. The van der Waals surface area contributed by atoms with Crippen LogP contribution in [0.15, 0.2) is 0 Å². The van der Waals surface area contributed by atoms with Crippen molar-refractivity contribution < 1.29 is 5.11 Å². The smallest absolute Gasteiger partial charge is 0.176 e. The van der Waals surface area contributed by atoms with Gasteiger partial charge in [-0.1, -0.05) is 12.8 Å². The molecule has 0 aliphatic rings. The average Bonchev–Trinajstić information content (AvgIpc) is 1.97. The van der Waals surface area contributed by atoms with Crippen LogP contribution in [0.2, 0.25) is 0 Å². The molecule has 2 N–H and O–H groups in total. The number of aliphatic hydroxyl groups is 1. The van der Waals surface area contributed by atoms with Crippen molar-refractivity contribution >= 4 is 0 Å². The van der Waals surface area contributed by atoms with E-state index in [9.17, 15) is 0 Å². The van der Waals surface area contributed by atoms with Crippen molar-refractivity contribution in [2.45, 2.75) is 25.7 Å². The molecule has 0 saturated carbocycles. The summed E-state index contributed by atoms with van der Waals surface area (Å²) in [7, 11) is 0. The monoisotopic (exact) mass is 142 g/mol. The number of hydrogen-bond donors (Lipinski definition) is 2. The highest BCUT2D eigenvalue weighted by molar-refractivity contribution is 4.63. The lowest BCUT2D eigenvalue weighted by Gasteiger charge is -1.96. The first-order chi connectivity index (χ1) is 4.91. The SMILES string of the molecule is N#CNCCCCCCO. The van der Waals surface area contributed by atoms with Crippen LogP contribution in [0, 0.1) is 11.5 Å². The largest absolute Gasteiger partial charge is 0.396 e. The molecule has 0 saturated heterocycles. The number of nitrogens with zero attached hydrogens (tertiary/aromatic N) is 1. The Bertz CT molecular complexity index is 98.3. The maximum Gasteiger partial charge on any atom is 0.176 e. The van der Waals surface area contributed by atoms with Crippen molar-refractivity contribution in [3.05, 3.63) is 0 Å². The van der Waals surface area contributed by atoms with Crippen molar-refractivity contribution in [1.29, 1.82) is 5.26 Å². The first kappa shape index (κ1) is 9.25. The fourth-order valence-electron chi connectivity index (χ4n) is 0.735. The molecule has 0 heterocycles. The Morgan fingerprint density at radius 3 is 2.50 bits per heavy atom. The van der Waals surface area contributed by atoms with Crippen LogP contribution >= 0.6 is 0 Å². The average molecular weight is 142 g/mol. The maximum absolute atomic E-state index is 8.40. The molecule has 58 valence electrons. The molecule has 0 amide bonds. The molecule has 0 unspecified atom stereocenters. The Kier molecular flexibility index (Phi) is 7.63. The van der Waals surface area contributed by atoms with E-state index >= 15 is 0 Å². The van der Waals surface area contributed by atoms with E-state index in [2.05, 4.69) is 5.32 Å². The summed E-state index contributed by atoms with van der Waals surface area (Å²) >= 11 is 0. The summed E-state index contributed by atoms with van der Waals surface area (Å²) < 4.78 is 0. The highest BCUT2D eigenvalue weighted by Gasteiger charge is 1.86. The second-order valence-electron chi connectivity index (χ2n) is 2.18. The number of nitrogens with one attached hydrogen (secondary N) is 1. The number of hydrogen-bond acceptors (Lipinski definition) is 3. The zero-order valence-electron chi connectivity index (χ0n) is 6.14. The van der Waals surface area contributed by atoms with Crippen molar-refractivity contribution in [3.8, 4) is 6.19 Å². The Morgan fingerprint density at radius 2 is 1.90 bits per heavy atom. The molecule has 0 spiro atoms. The number of aliphatic hydroxyl groups excluding tert-OH is 1. The summed E-state index contributed by atoms with van der Waals surface area (Å²) in [6, 6.07) is 0. The highest BCUT2D eigenvalue weighted by Crippen LogP contribution is 1.96. The van der Waals surface area contributed by atoms with Gasteiger partial charge < -0.3 is 10.4 Å². The Morgan fingerprint density at radius 1 is 1.20 bits per heavy atom. The lowest BCUT2D eigenvalue weighted by molar-refractivity contribution is 0.282. The Hall–Kier alpha value is -0.750. The summed E-state index contributed by atoms with van der Waals surface area (Å²) in [6.45, 7) is 1.05. The van der Waals surface area contributed by atoms with Gasteiger partial charge in [0.2, 0.25) is 0 Å². The molecule has 0 atom stereocenters. The summed E-state index contributed by atoms with van der Waals surface area (Å²) in [5.74, 6) is 0. The topological polar surface area (TPSA) is 56.0 Å². The minimum atomic E-state index is 0.283. The zero-order valence-corrected chi connectivity index (χ0v) is 6.14. The molecule has 3 heteroatoms. The van der Waals surface area contributed by atoms with E-state index in [1.807, 2.05) is 6.19 Å². The molecule has 0 radical (unpaired) electrons. The van der Waals surface area contributed by atoms with Gasteiger partial charge >= 0.3 is 0 Å². The van der Waals surface area contributed by atoms with Gasteiger partial charge in [-0.25, -0.2) is 0 Å². The van der Waals surface area contributed by atoms with E-state index in [1.165, 1.54) is 0 Å². The Labute approximate surface area is 61.7 Å². The van der Waals surface area contributed by atoms with Crippen LogP contribution in [0.5, 0.6) is 0 Å². The number of unbranched alkanes of at least 4 members (excludes halogenated alkanes) is 3. The molecule has 10 heavy (non-hydrogen) atoms. The van der Waals surface area contributed by atoms with E-state index in [4.69, 9.17) is 10.4 Å². The first-order valence-corrected chi connectivity index (χ1v) is 3.64. The molecule has 3 nitrogen and oxygen atoms in total. The quantitative estimate of drug-likeness (QED) is 0.324. The van der Waals surface area contributed by atoms with E-state index in [0.29, 0.717) is 0 Å². The summed E-state index contributed by atoms with van der Waals surface area (Å²) in [4.78, 5) is 0. The third-order valence-corrected chi connectivity index (χ3v) is 1.29. The van der Waals surface area contributed by atoms with Crippen LogP contribution in [0.4, 0.5) is 0 Å². The van der Waals surface area contributed by atoms with Gasteiger partial charge in [0.25, 0.3) is 0 Å². The van der Waals surface area contributed by atoms with Gasteiger partial charge in [-0.15, -0.1) is 0 Å². The minimum absolute atomic E-state index is 0.283. The molecular weight excluding hydrogens is 128 g/mol. The Balaban J connectivity index is 2.72. The maximum atomic E-state index is 8.40. The van der Waals surface area contributed by atoms with Crippen LogP contribution in [-0.4, -0.2) is 18.3 Å². The lowest BCUT2D eigenvalue weighted by atomic mass is 10.2. The number of rotatable bonds is 6. The first-order valence-electron chi connectivity index (χ1n) is 3.64. The normalized spacial score (nSPS) is 8.80. The summed E-state index contributed by atoms with van der Waals surface area (Å²) in [5, 5.41) is 19.0. The predicted octanol–water partition coefficient (Wildman–Crippen LogP) is 0.610. The third-order valence-electron chi connectivity index (χ3n) is 1.29. The van der Waals surface area contributed by atoms with Gasteiger partial charge in [0.15, 0.2) is 6.19 Å². The molecule has 0 aromatic carbocycles. The van der Waals surface area contributed by atoms with Gasteiger partial charge in [0.1, 0.15) is 0 Å². The molecule has 0 aliphatic heterocycles. The predicted molar refractivity (Wildman–Crippen MR) is 39.2 cm³/mol. The molecule has 0 rings (SSSR count). The van der Waals surface area contributed by atoms with Crippen molar-refractivity contribution in [2.75, 3.05) is 13.2 Å². The molecule has 0 fully saturated rings. The van der Waals surface area contributed by atoms with Crippen LogP contribution in [-0.2, 0) is 0 Å². The second-order valence-corrected chi connectivity index (χ2v) is 2.18. The van der Waals surface area contributed by atoms with Gasteiger partial charge in [-0.05, 0) is 12.8 Å². The van der Waals surface area contributed by atoms with Crippen LogP contribution in [0.1, 0.15) is 25.7 Å². The summed E-state index contributed by atoms with van der Waals surface area (Å²) in [5.41, 5.74) is 0. The van der Waals surface area contributed by atoms with E-state index in [-0.39, 0.29) is 6.61 Å². The van der Waals surface area contributed by atoms with Crippen LogP contribution < -0.4 is 5.32 Å². The minimum Gasteiger partial charge on any atom is -0.396 e. The van der Waals surface area contributed by atoms with E-state index < -0.39 is 0 Å². The van der Waals surface area contributed by atoms with Gasteiger partial charge in [-0.3, -0.25) is 0 Å². The van der Waals surface area contributed by atoms with Crippen LogP contribution in [0.25, 0.3) is 0 Å². The third kappa shape index (κ3) is 7.25. The van der Waals surface area contributed by atoms with E-state index in [1.54, 1.807) is 0 Å². The van der Waals surface area contributed by atoms with Crippen LogP contribution in [0.3, 0.4) is 0 Å². The standard InChI is InChI=1S/C7H14N2O/c8-7-9-5-3-1-2-4-6-10/h9-10H,1-6H2. The molecule has 0 aromatic rings. The fraction of sp³-hybridized carbons (Fsp3) is 0.857. The summed E-state index contributed by atoms with van der Waals surface area (Å²) in [6.07, 6.45) is 5.91.